The molecule has 0 saturated carbocycles. The largest absolute Gasteiger partial charge is 0.456 e. The van der Waals surface area contributed by atoms with Crippen molar-refractivity contribution in [3.8, 4) is 0 Å². The second-order valence-electron chi connectivity index (χ2n) is 7.49. The quantitative estimate of drug-likeness (QED) is 0.321. The zero-order valence-electron chi connectivity index (χ0n) is 14.1. The maximum atomic E-state index is 6.11. The highest BCUT2D eigenvalue weighted by Crippen LogP contribution is 2.38. The zero-order valence-corrected chi connectivity index (χ0v) is 14.1. The van der Waals surface area contributed by atoms with Crippen LogP contribution < -0.4 is 0 Å². The molecule has 2 aromatic heterocycles. The van der Waals surface area contributed by atoms with Crippen LogP contribution in [-0.2, 0) is 5.54 Å². The Morgan fingerprint density at radius 2 is 1.38 bits per heavy atom. The van der Waals surface area contributed by atoms with Crippen LogP contribution in [-0.4, -0.2) is 4.57 Å². The van der Waals surface area contributed by atoms with Crippen LogP contribution in [0.4, 0.5) is 0 Å². The predicted molar refractivity (Wildman–Crippen MR) is 102 cm³/mol. The lowest BCUT2D eigenvalue weighted by Gasteiger charge is -2.24. The first-order valence-electron chi connectivity index (χ1n) is 8.39. The minimum absolute atomic E-state index is 0.00104. The summed E-state index contributed by atoms with van der Waals surface area (Å²) >= 11 is 0. The van der Waals surface area contributed by atoms with E-state index >= 15 is 0 Å². The average molecular weight is 313 g/mol. The van der Waals surface area contributed by atoms with E-state index in [4.69, 9.17) is 4.42 Å². The van der Waals surface area contributed by atoms with Crippen molar-refractivity contribution in [3.05, 3.63) is 60.7 Å². The molecule has 0 spiro atoms. The third-order valence-electron chi connectivity index (χ3n) is 4.84. The van der Waals surface area contributed by atoms with E-state index in [0.29, 0.717) is 0 Å². The summed E-state index contributed by atoms with van der Waals surface area (Å²) in [5.41, 5.74) is 4.41. The Morgan fingerprint density at radius 1 is 0.667 bits per heavy atom. The zero-order chi connectivity index (χ0) is 16.5. The van der Waals surface area contributed by atoms with Gasteiger partial charge >= 0.3 is 0 Å². The molecule has 2 nitrogen and oxygen atoms in total. The number of hydrogen-bond donors (Lipinski definition) is 0. The summed E-state index contributed by atoms with van der Waals surface area (Å²) in [6, 6.07) is 21.4. The van der Waals surface area contributed by atoms with Gasteiger partial charge in [0.05, 0.1) is 5.52 Å². The first kappa shape index (κ1) is 13.7. The van der Waals surface area contributed by atoms with Gasteiger partial charge in [0.1, 0.15) is 11.2 Å². The van der Waals surface area contributed by atoms with Gasteiger partial charge in [-0.05, 0) is 39.0 Å². The molecule has 0 saturated heterocycles. The van der Waals surface area contributed by atoms with E-state index in [2.05, 4.69) is 73.9 Å². The van der Waals surface area contributed by atoms with Crippen LogP contribution in [0.2, 0.25) is 0 Å². The van der Waals surface area contributed by atoms with Crippen LogP contribution >= 0.6 is 0 Å². The number of benzene rings is 3. The van der Waals surface area contributed by atoms with E-state index in [1.807, 2.05) is 12.1 Å². The fraction of sp³-hybridized carbons (Fsp3) is 0.182. The van der Waals surface area contributed by atoms with Crippen LogP contribution in [0.15, 0.2) is 65.1 Å². The van der Waals surface area contributed by atoms with Crippen molar-refractivity contribution in [1.82, 2.24) is 4.57 Å². The number of nitrogens with zero attached hydrogens (tertiary/aromatic N) is 1. The second kappa shape index (κ2) is 4.41. The highest BCUT2D eigenvalue weighted by atomic mass is 16.3. The molecule has 118 valence electrons. The van der Waals surface area contributed by atoms with Crippen LogP contribution in [0.5, 0.6) is 0 Å². The number of aromatic nitrogens is 1. The molecule has 0 amide bonds. The van der Waals surface area contributed by atoms with Crippen molar-refractivity contribution in [3.63, 3.8) is 0 Å². The molecule has 5 aromatic rings. The number of para-hydroxylation sites is 2. The molecule has 3 aromatic carbocycles. The van der Waals surface area contributed by atoms with E-state index in [1.165, 1.54) is 32.6 Å². The maximum absolute atomic E-state index is 6.11. The highest BCUT2D eigenvalue weighted by molar-refractivity contribution is 6.16. The number of furan rings is 1. The van der Waals surface area contributed by atoms with E-state index < -0.39 is 0 Å². The molecule has 2 heteroatoms. The first-order chi connectivity index (χ1) is 11.5. The van der Waals surface area contributed by atoms with Crippen LogP contribution in [0.25, 0.3) is 43.7 Å². The van der Waals surface area contributed by atoms with Gasteiger partial charge in [0.15, 0.2) is 0 Å². The lowest BCUT2D eigenvalue weighted by molar-refractivity contribution is 0.423. The highest BCUT2D eigenvalue weighted by Gasteiger charge is 2.21. The topological polar surface area (TPSA) is 18.1 Å². The van der Waals surface area contributed by atoms with Gasteiger partial charge in [-0.1, -0.05) is 36.4 Å². The van der Waals surface area contributed by atoms with Gasteiger partial charge < -0.3 is 8.98 Å². The van der Waals surface area contributed by atoms with Crippen molar-refractivity contribution in [1.29, 1.82) is 0 Å². The van der Waals surface area contributed by atoms with E-state index in [-0.39, 0.29) is 5.54 Å². The van der Waals surface area contributed by atoms with Gasteiger partial charge in [-0.3, -0.25) is 0 Å². The van der Waals surface area contributed by atoms with Crippen molar-refractivity contribution >= 4 is 43.7 Å². The summed E-state index contributed by atoms with van der Waals surface area (Å²) < 4.78 is 8.53. The lowest BCUT2D eigenvalue weighted by atomic mass is 10.1. The molecule has 0 bridgehead atoms. The third-order valence-corrected chi connectivity index (χ3v) is 4.84. The lowest BCUT2D eigenvalue weighted by Crippen LogP contribution is -2.21. The molecule has 0 fully saturated rings. The second-order valence-corrected chi connectivity index (χ2v) is 7.49. The minimum Gasteiger partial charge on any atom is -0.456 e. The average Bonchev–Trinajstić information content (AvgIpc) is 3.07. The van der Waals surface area contributed by atoms with Gasteiger partial charge in [-0.2, -0.15) is 0 Å². The van der Waals surface area contributed by atoms with Crippen LogP contribution in [0.1, 0.15) is 20.8 Å². The Kier molecular flexibility index (Phi) is 2.52. The van der Waals surface area contributed by atoms with E-state index in [0.717, 1.165) is 11.2 Å². The molecule has 0 radical (unpaired) electrons. The van der Waals surface area contributed by atoms with Gasteiger partial charge in [-0.15, -0.1) is 0 Å². The molecule has 5 rings (SSSR count). The van der Waals surface area contributed by atoms with Crippen molar-refractivity contribution in [2.24, 2.45) is 0 Å². The smallest absolute Gasteiger partial charge is 0.137 e. The van der Waals surface area contributed by atoms with E-state index in [9.17, 15) is 0 Å². The number of hydrogen-bond acceptors (Lipinski definition) is 1. The predicted octanol–water partition coefficient (Wildman–Crippen LogP) is 6.45. The van der Waals surface area contributed by atoms with Crippen molar-refractivity contribution in [2.45, 2.75) is 26.3 Å². The van der Waals surface area contributed by atoms with Crippen molar-refractivity contribution in [2.75, 3.05) is 0 Å². The molecule has 0 N–H and O–H groups in total. The van der Waals surface area contributed by atoms with Gasteiger partial charge in [-0.25, -0.2) is 0 Å². The summed E-state index contributed by atoms with van der Waals surface area (Å²) in [6.45, 7) is 6.76. The fourth-order valence-electron chi connectivity index (χ4n) is 3.91. The maximum Gasteiger partial charge on any atom is 0.137 e. The Hall–Kier alpha value is -2.74. The summed E-state index contributed by atoms with van der Waals surface area (Å²) in [5.74, 6) is 0. The van der Waals surface area contributed by atoms with Crippen LogP contribution in [0, 0.1) is 0 Å². The Balaban J connectivity index is 2.05. The van der Waals surface area contributed by atoms with E-state index in [1.54, 1.807) is 0 Å². The molecular weight excluding hydrogens is 294 g/mol. The van der Waals surface area contributed by atoms with Gasteiger partial charge in [0, 0.05) is 38.7 Å². The Bertz CT molecular complexity index is 1230. The standard InChI is InChI=1S/C22H19NO/c1-22(2,3)23-18-10-6-4-8-14(18)16-12-17-15-9-5-7-11-20(15)24-21(17)13-19(16)23/h4-13H,1-3H3. The normalized spacial score (nSPS) is 12.8. The third kappa shape index (κ3) is 1.71. The van der Waals surface area contributed by atoms with Gasteiger partial charge in [0.2, 0.25) is 0 Å². The number of fused-ring (bicyclic) bond motifs is 6. The fourth-order valence-corrected chi connectivity index (χ4v) is 3.91. The first-order valence-corrected chi connectivity index (χ1v) is 8.39. The SMILES string of the molecule is CC(C)(C)n1c2ccccc2c2cc3c(cc21)oc1ccccc13. The summed E-state index contributed by atoms with van der Waals surface area (Å²) in [4.78, 5) is 0. The summed E-state index contributed by atoms with van der Waals surface area (Å²) in [6.07, 6.45) is 0. The molecule has 0 aliphatic carbocycles. The summed E-state index contributed by atoms with van der Waals surface area (Å²) in [7, 11) is 0. The molecule has 0 atom stereocenters. The molecule has 0 aliphatic rings. The molecule has 0 aliphatic heterocycles. The molecule has 0 unspecified atom stereocenters. The minimum atomic E-state index is 0.00104. The number of rotatable bonds is 0. The monoisotopic (exact) mass is 313 g/mol. The molecular formula is C22H19NO. The molecule has 24 heavy (non-hydrogen) atoms. The van der Waals surface area contributed by atoms with Crippen LogP contribution in [0.3, 0.4) is 0 Å². The summed E-state index contributed by atoms with van der Waals surface area (Å²) in [5, 5.41) is 4.96. The van der Waals surface area contributed by atoms with Gasteiger partial charge in [0.25, 0.3) is 0 Å². The molecule has 2 heterocycles. The Morgan fingerprint density at radius 3 is 2.17 bits per heavy atom. The Labute approximate surface area is 140 Å². The van der Waals surface area contributed by atoms with Crippen molar-refractivity contribution < 1.29 is 4.42 Å².